The van der Waals surface area contributed by atoms with Gasteiger partial charge in [0.05, 0.1) is 0 Å². The van der Waals surface area contributed by atoms with E-state index in [1.807, 2.05) is 0 Å². The number of hydrogen-bond donors (Lipinski definition) is 2. The average molecular weight is 213 g/mol. The molecule has 0 aliphatic rings. The lowest BCUT2D eigenvalue weighted by Gasteiger charge is -1.99. The zero-order valence-electron chi connectivity index (χ0n) is 7.74. The number of carbonyl (C=O) groups excluding carboxylic acids is 1. The van der Waals surface area contributed by atoms with Crippen LogP contribution in [0.25, 0.3) is 0 Å². The maximum atomic E-state index is 10.9. The standard InChI is InChI=1S/C9H11NO3S/c1-2-8(11)10-4-6-3-7(9(12)13)14-5-6/h3,5H,2,4H2,1H3,(H,10,11)(H,12,13). The second-order valence-corrected chi connectivity index (χ2v) is 3.67. The summed E-state index contributed by atoms with van der Waals surface area (Å²) in [6.07, 6.45) is 0.440. The Hall–Kier alpha value is -1.36. The number of carbonyl (C=O) groups is 2. The summed E-state index contributed by atoms with van der Waals surface area (Å²) in [7, 11) is 0. The largest absolute Gasteiger partial charge is 0.477 e. The Morgan fingerprint density at radius 3 is 2.79 bits per heavy atom. The molecular formula is C9H11NO3S. The molecule has 0 unspecified atom stereocenters. The molecule has 5 heteroatoms. The van der Waals surface area contributed by atoms with E-state index >= 15 is 0 Å². The molecule has 0 aliphatic heterocycles. The van der Waals surface area contributed by atoms with Crippen molar-refractivity contribution in [2.45, 2.75) is 19.9 Å². The predicted molar refractivity (Wildman–Crippen MR) is 53.4 cm³/mol. The van der Waals surface area contributed by atoms with Gasteiger partial charge in [0.25, 0.3) is 0 Å². The smallest absolute Gasteiger partial charge is 0.345 e. The Labute approximate surface area is 85.6 Å². The highest BCUT2D eigenvalue weighted by Gasteiger charge is 2.06. The van der Waals surface area contributed by atoms with Crippen molar-refractivity contribution >= 4 is 23.2 Å². The minimum atomic E-state index is -0.928. The minimum Gasteiger partial charge on any atom is -0.477 e. The summed E-state index contributed by atoms with van der Waals surface area (Å²) in [5, 5.41) is 13.1. The second kappa shape index (κ2) is 4.76. The Morgan fingerprint density at radius 2 is 2.29 bits per heavy atom. The van der Waals surface area contributed by atoms with Gasteiger partial charge in [-0.25, -0.2) is 4.79 Å². The van der Waals surface area contributed by atoms with Crippen molar-refractivity contribution < 1.29 is 14.7 Å². The van der Waals surface area contributed by atoms with Crippen LogP contribution >= 0.6 is 11.3 Å². The minimum absolute atomic E-state index is 0.0342. The highest BCUT2D eigenvalue weighted by atomic mass is 32.1. The fraction of sp³-hybridized carbons (Fsp3) is 0.333. The highest BCUT2D eigenvalue weighted by molar-refractivity contribution is 7.12. The zero-order valence-corrected chi connectivity index (χ0v) is 8.56. The predicted octanol–water partition coefficient (Wildman–Crippen LogP) is 1.47. The van der Waals surface area contributed by atoms with E-state index in [9.17, 15) is 9.59 Å². The quantitative estimate of drug-likeness (QED) is 0.796. The topological polar surface area (TPSA) is 66.4 Å². The van der Waals surface area contributed by atoms with Gasteiger partial charge in [-0.3, -0.25) is 4.79 Å². The molecule has 1 heterocycles. The van der Waals surface area contributed by atoms with Crippen LogP contribution in [0.2, 0.25) is 0 Å². The van der Waals surface area contributed by atoms with Crippen LogP contribution in [0.15, 0.2) is 11.4 Å². The van der Waals surface area contributed by atoms with Gasteiger partial charge in [0.1, 0.15) is 4.88 Å². The first kappa shape index (κ1) is 10.7. The molecule has 0 fully saturated rings. The van der Waals surface area contributed by atoms with Gasteiger partial charge in [-0.05, 0) is 17.0 Å². The van der Waals surface area contributed by atoms with Crippen LogP contribution in [0.5, 0.6) is 0 Å². The molecule has 1 aromatic heterocycles. The number of hydrogen-bond acceptors (Lipinski definition) is 3. The van der Waals surface area contributed by atoms with Crippen molar-refractivity contribution in [2.75, 3.05) is 0 Å². The average Bonchev–Trinajstić information content (AvgIpc) is 2.62. The summed E-state index contributed by atoms with van der Waals surface area (Å²) in [6, 6.07) is 1.57. The normalized spacial score (nSPS) is 9.79. The summed E-state index contributed by atoms with van der Waals surface area (Å²) >= 11 is 1.17. The van der Waals surface area contributed by atoms with Crippen LogP contribution in [0.1, 0.15) is 28.6 Å². The molecule has 0 saturated heterocycles. The lowest BCUT2D eigenvalue weighted by molar-refractivity contribution is -0.120. The molecule has 76 valence electrons. The van der Waals surface area contributed by atoms with E-state index in [0.29, 0.717) is 17.8 Å². The molecule has 0 aliphatic carbocycles. The molecule has 4 nitrogen and oxygen atoms in total. The fourth-order valence-electron chi connectivity index (χ4n) is 0.906. The van der Waals surface area contributed by atoms with E-state index in [1.165, 1.54) is 11.3 Å². The molecular weight excluding hydrogens is 202 g/mol. The van der Waals surface area contributed by atoms with Gasteiger partial charge < -0.3 is 10.4 Å². The molecule has 0 atom stereocenters. The first-order chi connectivity index (χ1) is 6.63. The van der Waals surface area contributed by atoms with Gasteiger partial charge >= 0.3 is 5.97 Å². The van der Waals surface area contributed by atoms with Crippen molar-refractivity contribution in [1.29, 1.82) is 0 Å². The van der Waals surface area contributed by atoms with Gasteiger partial charge in [-0.15, -0.1) is 11.3 Å². The van der Waals surface area contributed by atoms with Gasteiger partial charge in [0.15, 0.2) is 0 Å². The van der Waals surface area contributed by atoms with Crippen molar-refractivity contribution in [3.8, 4) is 0 Å². The molecule has 0 aromatic carbocycles. The number of carboxylic acids is 1. The maximum Gasteiger partial charge on any atom is 0.345 e. The molecule has 1 aromatic rings. The van der Waals surface area contributed by atoms with E-state index < -0.39 is 5.97 Å². The van der Waals surface area contributed by atoms with Crippen LogP contribution in [0.3, 0.4) is 0 Å². The molecule has 1 amide bonds. The number of carboxylic acid groups (broad SMARTS) is 1. The van der Waals surface area contributed by atoms with Crippen LogP contribution in [0, 0.1) is 0 Å². The SMILES string of the molecule is CCC(=O)NCc1csc(C(=O)O)c1. The fourth-order valence-corrected chi connectivity index (χ4v) is 1.66. The molecule has 14 heavy (non-hydrogen) atoms. The molecule has 0 bridgehead atoms. The van der Waals surface area contributed by atoms with Crippen LogP contribution in [-0.4, -0.2) is 17.0 Å². The summed E-state index contributed by atoms with van der Waals surface area (Å²) < 4.78 is 0. The van der Waals surface area contributed by atoms with Gasteiger partial charge in [-0.2, -0.15) is 0 Å². The number of thiophene rings is 1. The first-order valence-electron chi connectivity index (χ1n) is 4.21. The Kier molecular flexibility index (Phi) is 3.64. The van der Waals surface area contributed by atoms with E-state index in [-0.39, 0.29) is 5.91 Å². The van der Waals surface area contributed by atoms with Crippen molar-refractivity contribution in [3.05, 3.63) is 21.9 Å². The number of amides is 1. The monoisotopic (exact) mass is 213 g/mol. The third kappa shape index (κ3) is 2.85. The van der Waals surface area contributed by atoms with Crippen LogP contribution in [-0.2, 0) is 11.3 Å². The highest BCUT2D eigenvalue weighted by Crippen LogP contribution is 2.14. The Balaban J connectivity index is 2.52. The van der Waals surface area contributed by atoms with Crippen LogP contribution in [0.4, 0.5) is 0 Å². The van der Waals surface area contributed by atoms with Crippen LogP contribution < -0.4 is 5.32 Å². The van der Waals surface area contributed by atoms with Gasteiger partial charge in [-0.1, -0.05) is 6.92 Å². The van der Waals surface area contributed by atoms with E-state index in [1.54, 1.807) is 18.4 Å². The summed E-state index contributed by atoms with van der Waals surface area (Å²) in [5.74, 6) is -0.962. The first-order valence-corrected chi connectivity index (χ1v) is 5.09. The Morgan fingerprint density at radius 1 is 1.57 bits per heavy atom. The number of aromatic carboxylic acids is 1. The number of nitrogens with one attached hydrogen (secondary N) is 1. The second-order valence-electron chi connectivity index (χ2n) is 2.75. The third-order valence-corrected chi connectivity index (χ3v) is 2.64. The van der Waals surface area contributed by atoms with Crippen molar-refractivity contribution in [3.63, 3.8) is 0 Å². The van der Waals surface area contributed by atoms with E-state index in [2.05, 4.69) is 5.32 Å². The molecule has 0 saturated carbocycles. The molecule has 1 rings (SSSR count). The zero-order chi connectivity index (χ0) is 10.6. The summed E-state index contributed by atoms with van der Waals surface area (Å²) in [6.45, 7) is 2.17. The molecule has 0 radical (unpaired) electrons. The van der Waals surface area contributed by atoms with Gasteiger partial charge in [0, 0.05) is 13.0 Å². The summed E-state index contributed by atoms with van der Waals surface area (Å²) in [4.78, 5) is 21.7. The molecule has 2 N–H and O–H groups in total. The van der Waals surface area contributed by atoms with Gasteiger partial charge in [0.2, 0.25) is 5.91 Å². The third-order valence-electron chi connectivity index (χ3n) is 1.68. The lowest BCUT2D eigenvalue weighted by Crippen LogP contribution is -2.20. The van der Waals surface area contributed by atoms with E-state index in [0.717, 1.165) is 5.56 Å². The lowest BCUT2D eigenvalue weighted by atomic mass is 10.3. The van der Waals surface area contributed by atoms with Crippen molar-refractivity contribution in [1.82, 2.24) is 5.32 Å². The van der Waals surface area contributed by atoms with Crippen molar-refractivity contribution in [2.24, 2.45) is 0 Å². The summed E-state index contributed by atoms with van der Waals surface area (Å²) in [5.41, 5.74) is 0.828. The van der Waals surface area contributed by atoms with E-state index in [4.69, 9.17) is 5.11 Å². The maximum absolute atomic E-state index is 10.9. The Bertz CT molecular complexity index is 346. The molecule has 0 spiro atoms. The number of rotatable bonds is 4.